The van der Waals surface area contributed by atoms with Crippen LogP contribution < -0.4 is 10.1 Å². The van der Waals surface area contributed by atoms with Gasteiger partial charge in [0.1, 0.15) is 5.75 Å². The molecule has 0 saturated heterocycles. The zero-order chi connectivity index (χ0) is 23.1. The highest BCUT2D eigenvalue weighted by atomic mass is 35.5. The van der Waals surface area contributed by atoms with Crippen LogP contribution in [0.5, 0.6) is 5.75 Å². The number of benzene rings is 2. The molecule has 2 aromatic carbocycles. The summed E-state index contributed by atoms with van der Waals surface area (Å²) in [5, 5.41) is 12.9. The molecule has 1 atom stereocenters. The summed E-state index contributed by atoms with van der Waals surface area (Å²) in [7, 11) is 0. The second-order valence-corrected chi connectivity index (χ2v) is 9.77. The van der Waals surface area contributed by atoms with Crippen molar-refractivity contribution in [3.63, 3.8) is 0 Å². The number of para-hydroxylation sites is 2. The monoisotopic (exact) mass is 490 g/mol. The summed E-state index contributed by atoms with van der Waals surface area (Å²) in [5.74, 6) is 1.83. The van der Waals surface area contributed by atoms with Crippen LogP contribution in [-0.2, 0) is 11.3 Å². The van der Waals surface area contributed by atoms with Crippen molar-refractivity contribution in [2.45, 2.75) is 43.5 Å². The number of hydrogen-bond donors (Lipinski definition) is 1. The molecular formula is C23H27ClN4O2S2. The predicted octanol–water partition coefficient (Wildman–Crippen LogP) is 6.18. The third-order valence-electron chi connectivity index (χ3n) is 4.51. The van der Waals surface area contributed by atoms with Gasteiger partial charge in [-0.05, 0) is 43.4 Å². The number of hydrogen-bond acceptors (Lipinski definition) is 6. The predicted molar refractivity (Wildman–Crippen MR) is 133 cm³/mol. The molecule has 1 heterocycles. The molecule has 0 aliphatic carbocycles. The Hall–Kier alpha value is -2.16. The van der Waals surface area contributed by atoms with E-state index in [9.17, 15) is 4.79 Å². The van der Waals surface area contributed by atoms with E-state index in [1.807, 2.05) is 60.2 Å². The molecule has 0 spiro atoms. The summed E-state index contributed by atoms with van der Waals surface area (Å²) in [6.07, 6.45) is 1.64. The van der Waals surface area contributed by atoms with Crippen molar-refractivity contribution >= 4 is 46.7 Å². The zero-order valence-electron chi connectivity index (χ0n) is 18.5. The maximum Gasteiger partial charge on any atom is 0.234 e. The van der Waals surface area contributed by atoms with E-state index < -0.39 is 0 Å². The van der Waals surface area contributed by atoms with Gasteiger partial charge in [0.15, 0.2) is 17.1 Å². The number of halogens is 1. The Morgan fingerprint density at radius 1 is 1.12 bits per heavy atom. The fraction of sp³-hybridized carbons (Fsp3) is 0.348. The van der Waals surface area contributed by atoms with E-state index in [1.165, 1.54) is 11.8 Å². The van der Waals surface area contributed by atoms with Crippen molar-refractivity contribution in [3.05, 3.63) is 59.4 Å². The van der Waals surface area contributed by atoms with Crippen molar-refractivity contribution in [2.24, 2.45) is 5.92 Å². The van der Waals surface area contributed by atoms with Gasteiger partial charge < -0.3 is 14.6 Å². The minimum absolute atomic E-state index is 0.0856. The number of nitrogens with one attached hydrogen (secondary N) is 1. The number of carbonyl (C=O) groups excluding carboxylic acids is 1. The van der Waals surface area contributed by atoms with Gasteiger partial charge in [0.2, 0.25) is 5.91 Å². The second kappa shape index (κ2) is 11.6. The molecule has 1 N–H and O–H groups in total. The Labute approximate surface area is 202 Å². The molecular weight excluding hydrogens is 464 g/mol. The lowest BCUT2D eigenvalue weighted by molar-refractivity contribution is -0.113. The lowest BCUT2D eigenvalue weighted by Crippen LogP contribution is -2.17. The topological polar surface area (TPSA) is 69.0 Å². The summed E-state index contributed by atoms with van der Waals surface area (Å²) in [5.41, 5.74) is 0.816. The molecule has 3 aromatic rings. The van der Waals surface area contributed by atoms with Crippen LogP contribution in [0.2, 0.25) is 5.02 Å². The van der Waals surface area contributed by atoms with Crippen LogP contribution in [0.25, 0.3) is 0 Å². The Morgan fingerprint density at radius 3 is 2.56 bits per heavy atom. The van der Waals surface area contributed by atoms with E-state index in [0.717, 1.165) is 17.1 Å². The largest absolute Gasteiger partial charge is 0.481 e. The quantitative estimate of drug-likeness (QED) is 0.342. The van der Waals surface area contributed by atoms with Crippen LogP contribution in [0.3, 0.4) is 0 Å². The average molecular weight is 491 g/mol. The normalized spacial score (nSPS) is 12.1. The fourth-order valence-electron chi connectivity index (χ4n) is 3.09. The lowest BCUT2D eigenvalue weighted by Gasteiger charge is -2.18. The molecule has 0 bridgehead atoms. The van der Waals surface area contributed by atoms with Gasteiger partial charge in [-0.3, -0.25) is 4.79 Å². The molecule has 0 aliphatic rings. The van der Waals surface area contributed by atoms with Crippen LogP contribution in [0.4, 0.5) is 5.69 Å². The average Bonchev–Trinajstić information content (AvgIpc) is 3.16. The van der Waals surface area contributed by atoms with Crippen molar-refractivity contribution in [3.8, 4) is 5.75 Å². The molecule has 1 unspecified atom stereocenters. The van der Waals surface area contributed by atoms with Gasteiger partial charge >= 0.3 is 0 Å². The van der Waals surface area contributed by atoms with Crippen LogP contribution in [0, 0.1) is 5.92 Å². The number of ether oxygens (including phenoxy) is 1. The summed E-state index contributed by atoms with van der Waals surface area (Å²) in [4.78, 5) is 13.6. The summed E-state index contributed by atoms with van der Waals surface area (Å²) in [6.45, 7) is 6.90. The van der Waals surface area contributed by atoms with Crippen LogP contribution >= 0.6 is 35.1 Å². The standard InChI is InChI=1S/C23H27ClN4O2S2/c1-15(2)13-28-22(16(3)30-19-11-7-5-9-17(19)24)26-27-23(28)32-14-21(29)25-18-10-6-8-12-20(18)31-4/h5-12,15-16H,13-14H2,1-4H3,(H,25,29). The van der Waals surface area contributed by atoms with Crippen LogP contribution in [0.15, 0.2) is 58.6 Å². The summed E-state index contributed by atoms with van der Waals surface area (Å²) in [6, 6.07) is 15.1. The van der Waals surface area contributed by atoms with E-state index >= 15 is 0 Å². The minimum atomic E-state index is -0.349. The van der Waals surface area contributed by atoms with Gasteiger partial charge in [-0.2, -0.15) is 0 Å². The molecule has 170 valence electrons. The zero-order valence-corrected chi connectivity index (χ0v) is 20.9. The number of amides is 1. The SMILES string of the molecule is CSc1ccccc1NC(=O)CSc1nnc(C(C)Oc2ccccc2Cl)n1CC(C)C. The molecule has 1 aromatic heterocycles. The van der Waals surface area contributed by atoms with Crippen molar-refractivity contribution < 1.29 is 9.53 Å². The number of aromatic nitrogens is 3. The van der Waals surface area contributed by atoms with E-state index in [0.29, 0.717) is 27.7 Å². The molecule has 0 radical (unpaired) electrons. The Morgan fingerprint density at radius 2 is 1.84 bits per heavy atom. The van der Waals surface area contributed by atoms with Crippen molar-refractivity contribution in [1.29, 1.82) is 0 Å². The van der Waals surface area contributed by atoms with E-state index in [2.05, 4.69) is 29.4 Å². The third-order valence-corrected chi connectivity index (χ3v) is 6.59. The van der Waals surface area contributed by atoms with Crippen LogP contribution in [-0.4, -0.2) is 32.7 Å². The number of anilines is 1. The first-order chi connectivity index (χ1) is 15.4. The number of carbonyl (C=O) groups is 1. The first-order valence-electron chi connectivity index (χ1n) is 10.3. The first kappa shape index (κ1) is 24.5. The van der Waals surface area contributed by atoms with Crippen molar-refractivity contribution in [1.82, 2.24) is 14.8 Å². The maximum atomic E-state index is 12.6. The minimum Gasteiger partial charge on any atom is -0.481 e. The van der Waals surface area contributed by atoms with Gasteiger partial charge in [-0.25, -0.2) is 0 Å². The second-order valence-electron chi connectivity index (χ2n) is 7.57. The summed E-state index contributed by atoms with van der Waals surface area (Å²) < 4.78 is 8.08. The van der Waals surface area contributed by atoms with Crippen molar-refractivity contribution in [2.75, 3.05) is 17.3 Å². The molecule has 0 fully saturated rings. The van der Waals surface area contributed by atoms with Gasteiger partial charge in [-0.15, -0.1) is 22.0 Å². The van der Waals surface area contributed by atoms with Gasteiger partial charge in [-0.1, -0.05) is 61.5 Å². The van der Waals surface area contributed by atoms with E-state index in [1.54, 1.807) is 17.8 Å². The smallest absolute Gasteiger partial charge is 0.234 e. The van der Waals surface area contributed by atoms with Gasteiger partial charge in [0, 0.05) is 11.4 Å². The molecule has 1 amide bonds. The molecule has 9 heteroatoms. The fourth-order valence-corrected chi connectivity index (χ4v) is 4.58. The highest BCUT2D eigenvalue weighted by Gasteiger charge is 2.21. The lowest BCUT2D eigenvalue weighted by atomic mass is 10.2. The highest BCUT2D eigenvalue weighted by Crippen LogP contribution is 2.30. The molecule has 6 nitrogen and oxygen atoms in total. The molecule has 3 rings (SSSR count). The molecule has 0 saturated carbocycles. The number of thioether (sulfide) groups is 2. The maximum absolute atomic E-state index is 12.6. The summed E-state index contributed by atoms with van der Waals surface area (Å²) >= 11 is 9.20. The molecule has 32 heavy (non-hydrogen) atoms. The number of rotatable bonds is 10. The van der Waals surface area contributed by atoms with E-state index in [-0.39, 0.29) is 17.8 Å². The van der Waals surface area contributed by atoms with Crippen LogP contribution in [0.1, 0.15) is 32.7 Å². The molecule has 0 aliphatic heterocycles. The number of nitrogens with zero attached hydrogens (tertiary/aromatic N) is 3. The highest BCUT2D eigenvalue weighted by molar-refractivity contribution is 7.99. The van der Waals surface area contributed by atoms with E-state index in [4.69, 9.17) is 16.3 Å². The third kappa shape index (κ3) is 6.43. The Balaban J connectivity index is 1.71. The Bertz CT molecular complexity index is 1060. The van der Waals surface area contributed by atoms with Gasteiger partial charge in [0.25, 0.3) is 0 Å². The Kier molecular flexibility index (Phi) is 8.90. The first-order valence-corrected chi connectivity index (χ1v) is 12.9. The van der Waals surface area contributed by atoms with Gasteiger partial charge in [0.05, 0.1) is 16.5 Å².